The predicted octanol–water partition coefficient (Wildman–Crippen LogP) is 3.18. The number of aryl methyl sites for hydroxylation is 1. The Morgan fingerprint density at radius 2 is 1.93 bits per heavy atom. The van der Waals surface area contributed by atoms with E-state index in [1.54, 1.807) is 12.1 Å². The van der Waals surface area contributed by atoms with Crippen molar-refractivity contribution >= 4 is 5.91 Å². The quantitative estimate of drug-likeness (QED) is 0.771. The van der Waals surface area contributed by atoms with E-state index in [9.17, 15) is 4.79 Å². The van der Waals surface area contributed by atoms with Gasteiger partial charge in [0.15, 0.2) is 0 Å². The van der Waals surface area contributed by atoms with Crippen LogP contribution in [-0.4, -0.2) is 50.3 Å². The fraction of sp³-hybridized carbons (Fsp3) is 0.476. The van der Waals surface area contributed by atoms with E-state index in [1.807, 2.05) is 31.2 Å². The van der Waals surface area contributed by atoms with Crippen molar-refractivity contribution in [2.75, 3.05) is 39.5 Å². The van der Waals surface area contributed by atoms with Crippen molar-refractivity contribution in [3.8, 4) is 5.75 Å². The first-order valence-electron chi connectivity index (χ1n) is 9.56. The van der Waals surface area contributed by atoms with Crippen LogP contribution >= 0.6 is 0 Å². The van der Waals surface area contributed by atoms with Crippen molar-refractivity contribution in [3.05, 3.63) is 53.5 Å². The Morgan fingerprint density at radius 1 is 1.19 bits per heavy atom. The summed E-state index contributed by atoms with van der Waals surface area (Å²) in [5, 5.41) is 3.04. The number of carbonyl (C=O) groups is 1. The number of nitrogens with zero attached hydrogens (tertiary/aromatic N) is 1. The largest absolute Gasteiger partial charge is 0.494 e. The van der Waals surface area contributed by atoms with Gasteiger partial charge in [0, 0.05) is 25.2 Å². The molecule has 0 bridgehead atoms. The number of furan rings is 1. The summed E-state index contributed by atoms with van der Waals surface area (Å²) in [5.41, 5.74) is 0.621. The molecule has 6 nitrogen and oxygen atoms in total. The normalized spacial score (nSPS) is 16.1. The first kappa shape index (κ1) is 19.5. The Bertz CT molecular complexity index is 720. The Hall–Kier alpha value is -2.31. The second kappa shape index (κ2) is 9.58. The van der Waals surface area contributed by atoms with E-state index in [-0.39, 0.29) is 11.9 Å². The minimum absolute atomic E-state index is 0.00119. The van der Waals surface area contributed by atoms with Crippen LogP contribution in [0.1, 0.15) is 41.3 Å². The van der Waals surface area contributed by atoms with Crippen LogP contribution < -0.4 is 10.1 Å². The highest BCUT2D eigenvalue weighted by atomic mass is 16.5. The zero-order valence-corrected chi connectivity index (χ0v) is 16.1. The molecule has 146 valence electrons. The molecule has 1 fully saturated rings. The SMILES string of the molecule is CCCOc1ccc(C(=O)NCC(c2ccc(C)o2)N2CCOCC2)cc1. The topological polar surface area (TPSA) is 63.9 Å². The lowest BCUT2D eigenvalue weighted by atomic mass is 10.1. The van der Waals surface area contributed by atoms with Gasteiger partial charge in [-0.15, -0.1) is 0 Å². The summed E-state index contributed by atoms with van der Waals surface area (Å²) in [4.78, 5) is 14.9. The lowest BCUT2D eigenvalue weighted by Crippen LogP contribution is -2.43. The third kappa shape index (κ3) is 5.34. The van der Waals surface area contributed by atoms with Gasteiger partial charge in [-0.2, -0.15) is 0 Å². The minimum Gasteiger partial charge on any atom is -0.494 e. The van der Waals surface area contributed by atoms with Crippen LogP contribution in [0.4, 0.5) is 0 Å². The van der Waals surface area contributed by atoms with E-state index >= 15 is 0 Å². The van der Waals surface area contributed by atoms with Crippen molar-refractivity contribution in [1.29, 1.82) is 0 Å². The molecule has 2 heterocycles. The lowest BCUT2D eigenvalue weighted by molar-refractivity contribution is 0.0117. The molecule has 1 N–H and O–H groups in total. The van der Waals surface area contributed by atoms with Gasteiger partial charge in [-0.05, 0) is 49.7 Å². The van der Waals surface area contributed by atoms with Gasteiger partial charge in [0.25, 0.3) is 5.91 Å². The van der Waals surface area contributed by atoms with Gasteiger partial charge >= 0.3 is 0 Å². The summed E-state index contributed by atoms with van der Waals surface area (Å²) in [7, 11) is 0. The molecule has 0 saturated carbocycles. The minimum atomic E-state index is -0.0985. The molecule has 6 heteroatoms. The summed E-state index contributed by atoms with van der Waals surface area (Å²) < 4.78 is 16.9. The highest BCUT2D eigenvalue weighted by Crippen LogP contribution is 2.23. The highest BCUT2D eigenvalue weighted by molar-refractivity contribution is 5.94. The van der Waals surface area contributed by atoms with E-state index in [0.29, 0.717) is 31.9 Å². The van der Waals surface area contributed by atoms with E-state index in [0.717, 1.165) is 36.8 Å². The smallest absolute Gasteiger partial charge is 0.251 e. The lowest BCUT2D eigenvalue weighted by Gasteiger charge is -2.33. The monoisotopic (exact) mass is 372 g/mol. The maximum Gasteiger partial charge on any atom is 0.251 e. The molecule has 0 aliphatic carbocycles. The van der Waals surface area contributed by atoms with Gasteiger partial charge in [0.2, 0.25) is 0 Å². The number of rotatable bonds is 8. The molecule has 1 aromatic heterocycles. The number of morpholine rings is 1. The summed E-state index contributed by atoms with van der Waals surface area (Å²) >= 11 is 0. The molecule has 0 spiro atoms. The molecule has 0 radical (unpaired) electrons. The number of hydrogen-bond acceptors (Lipinski definition) is 5. The standard InChI is InChI=1S/C21H28N2O4/c1-3-12-26-18-7-5-17(6-8-18)21(24)22-15-19(20-9-4-16(2)27-20)23-10-13-25-14-11-23/h4-9,19H,3,10-15H2,1-2H3,(H,22,24). The molecule has 3 rings (SSSR count). The van der Waals surface area contributed by atoms with Crippen molar-refractivity contribution in [2.24, 2.45) is 0 Å². The van der Waals surface area contributed by atoms with Gasteiger partial charge in [-0.1, -0.05) is 6.92 Å². The van der Waals surface area contributed by atoms with Crippen molar-refractivity contribution in [2.45, 2.75) is 26.3 Å². The van der Waals surface area contributed by atoms with Crippen LogP contribution in [0.5, 0.6) is 5.75 Å². The number of benzene rings is 1. The molecular formula is C21H28N2O4. The van der Waals surface area contributed by atoms with Gasteiger partial charge in [-0.25, -0.2) is 0 Å². The Labute approximate surface area is 160 Å². The maximum absolute atomic E-state index is 12.6. The average Bonchev–Trinajstić information content (AvgIpc) is 3.13. The van der Waals surface area contributed by atoms with Crippen LogP contribution in [0.2, 0.25) is 0 Å². The second-order valence-electron chi connectivity index (χ2n) is 6.70. The Morgan fingerprint density at radius 3 is 2.56 bits per heavy atom. The van der Waals surface area contributed by atoms with Crippen LogP contribution in [0, 0.1) is 6.92 Å². The third-order valence-electron chi connectivity index (χ3n) is 4.62. The molecule has 2 aromatic rings. The molecular weight excluding hydrogens is 344 g/mol. The van der Waals surface area contributed by atoms with E-state index in [1.165, 1.54) is 0 Å². The predicted molar refractivity (Wildman–Crippen MR) is 103 cm³/mol. The number of carbonyl (C=O) groups excluding carboxylic acids is 1. The molecule has 1 saturated heterocycles. The van der Waals surface area contributed by atoms with E-state index in [2.05, 4.69) is 17.1 Å². The summed E-state index contributed by atoms with van der Waals surface area (Å²) in [6.45, 7) is 8.20. The molecule has 1 unspecified atom stereocenters. The number of nitrogens with one attached hydrogen (secondary N) is 1. The van der Waals surface area contributed by atoms with Gasteiger partial charge in [0.1, 0.15) is 17.3 Å². The van der Waals surface area contributed by atoms with Crippen LogP contribution in [0.25, 0.3) is 0 Å². The van der Waals surface area contributed by atoms with Crippen LogP contribution in [0.15, 0.2) is 40.8 Å². The van der Waals surface area contributed by atoms with Gasteiger partial charge in [-0.3, -0.25) is 9.69 Å². The van der Waals surface area contributed by atoms with E-state index < -0.39 is 0 Å². The first-order valence-corrected chi connectivity index (χ1v) is 9.56. The van der Waals surface area contributed by atoms with Crippen LogP contribution in [0.3, 0.4) is 0 Å². The summed E-state index contributed by atoms with van der Waals surface area (Å²) in [6, 6.07) is 11.2. The van der Waals surface area contributed by atoms with Gasteiger partial charge in [0.05, 0.1) is 25.9 Å². The molecule has 1 amide bonds. The third-order valence-corrected chi connectivity index (χ3v) is 4.62. The molecule has 27 heavy (non-hydrogen) atoms. The van der Waals surface area contributed by atoms with Crippen molar-refractivity contribution in [3.63, 3.8) is 0 Å². The first-order chi connectivity index (χ1) is 13.2. The Kier molecular flexibility index (Phi) is 6.90. The maximum atomic E-state index is 12.6. The second-order valence-corrected chi connectivity index (χ2v) is 6.70. The fourth-order valence-electron chi connectivity index (χ4n) is 3.15. The molecule has 1 aliphatic heterocycles. The van der Waals surface area contributed by atoms with E-state index in [4.69, 9.17) is 13.9 Å². The number of hydrogen-bond donors (Lipinski definition) is 1. The Balaban J connectivity index is 1.62. The van der Waals surface area contributed by atoms with Crippen molar-refractivity contribution < 1.29 is 18.7 Å². The molecule has 1 aromatic carbocycles. The summed E-state index contributed by atoms with van der Waals surface area (Å²) in [5.74, 6) is 2.43. The zero-order chi connectivity index (χ0) is 19.1. The van der Waals surface area contributed by atoms with Crippen molar-refractivity contribution in [1.82, 2.24) is 10.2 Å². The number of amides is 1. The number of ether oxygens (including phenoxy) is 2. The zero-order valence-electron chi connectivity index (χ0n) is 16.1. The van der Waals surface area contributed by atoms with Gasteiger partial charge < -0.3 is 19.2 Å². The molecule has 1 aliphatic rings. The fourth-order valence-corrected chi connectivity index (χ4v) is 3.15. The van der Waals surface area contributed by atoms with Crippen LogP contribution in [-0.2, 0) is 4.74 Å². The summed E-state index contributed by atoms with van der Waals surface area (Å²) in [6.07, 6.45) is 0.956. The highest BCUT2D eigenvalue weighted by Gasteiger charge is 2.25. The average molecular weight is 372 g/mol. The molecule has 1 atom stereocenters.